The normalized spacial score (nSPS) is 23.8. The van der Waals surface area contributed by atoms with Crippen LogP contribution in [0.25, 0.3) is 0 Å². The number of allylic oxidation sites excluding steroid dienone is 6. The molecule has 0 radical (unpaired) electrons. The molecule has 2 aliphatic heterocycles. The number of pyridine rings is 1. The van der Waals surface area contributed by atoms with Crippen LogP contribution in [0, 0.1) is 11.8 Å². The second-order valence-corrected chi connectivity index (χ2v) is 10.3. The Morgan fingerprint density at radius 1 is 1.20 bits per heavy atom. The highest BCUT2D eigenvalue weighted by Crippen LogP contribution is 2.29. The van der Waals surface area contributed by atoms with Gasteiger partial charge in [0.25, 0.3) is 5.91 Å². The number of hydrogen-bond acceptors (Lipinski definition) is 3. The van der Waals surface area contributed by atoms with Crippen molar-refractivity contribution in [2.24, 2.45) is 11.8 Å². The molecule has 1 aromatic rings. The number of hydrogen-bond donors (Lipinski definition) is 0. The van der Waals surface area contributed by atoms with Gasteiger partial charge in [0.15, 0.2) is 0 Å². The summed E-state index contributed by atoms with van der Waals surface area (Å²) < 4.78 is 0. The van der Waals surface area contributed by atoms with E-state index in [1.54, 1.807) is 0 Å². The van der Waals surface area contributed by atoms with Gasteiger partial charge in [0, 0.05) is 48.5 Å². The number of carbonyl (C=O) groups is 1. The molecule has 4 nitrogen and oxygen atoms in total. The monoisotopic (exact) mass is 509 g/mol. The molecule has 0 N–H and O–H groups in total. The van der Waals surface area contributed by atoms with Gasteiger partial charge in [-0.05, 0) is 80.1 Å². The first kappa shape index (κ1) is 25.7. The Bertz CT molecular complexity index is 1060. The summed E-state index contributed by atoms with van der Waals surface area (Å²) in [6.45, 7) is 8.77. The van der Waals surface area contributed by atoms with E-state index < -0.39 is 0 Å². The second-order valence-electron chi connectivity index (χ2n) is 9.63. The molecule has 0 aromatic carbocycles. The number of piperidine rings is 1. The molecular weight excluding hydrogens is 477 g/mol. The lowest BCUT2D eigenvalue weighted by molar-refractivity contribution is -0.125. The highest BCUT2D eigenvalue weighted by molar-refractivity contribution is 6.31. The van der Waals surface area contributed by atoms with Crippen LogP contribution in [0.4, 0.5) is 0 Å². The lowest BCUT2D eigenvalue weighted by atomic mass is 9.89. The molecule has 2 fully saturated rings. The molecule has 35 heavy (non-hydrogen) atoms. The van der Waals surface area contributed by atoms with Crippen molar-refractivity contribution in [2.45, 2.75) is 32.2 Å². The molecule has 4 rings (SSSR count). The predicted molar refractivity (Wildman–Crippen MR) is 145 cm³/mol. The first-order valence-corrected chi connectivity index (χ1v) is 13.1. The van der Waals surface area contributed by atoms with Crippen LogP contribution in [0.15, 0.2) is 94.8 Å². The molecule has 184 valence electrons. The summed E-state index contributed by atoms with van der Waals surface area (Å²) in [6, 6.07) is 4.19. The van der Waals surface area contributed by atoms with Crippen molar-refractivity contribution in [1.82, 2.24) is 14.8 Å². The van der Waals surface area contributed by atoms with Crippen LogP contribution < -0.4 is 0 Å². The van der Waals surface area contributed by atoms with Crippen molar-refractivity contribution < 1.29 is 4.79 Å². The van der Waals surface area contributed by atoms with Crippen molar-refractivity contribution in [1.29, 1.82) is 0 Å². The molecular formula is C29H33Cl2N3O. The zero-order chi connectivity index (χ0) is 24.6. The smallest absolute Gasteiger partial charge is 0.255 e. The minimum absolute atomic E-state index is 0.0106. The number of rotatable bonds is 8. The SMILES string of the molecule is C=C(CC=C1CN(CC2C=CC=C(Cl)C=C2)C(=O)/C1=C\Cl)CC1CCN(Cc2ccncc2)CC1. The third-order valence-electron chi connectivity index (χ3n) is 6.96. The summed E-state index contributed by atoms with van der Waals surface area (Å²) in [5, 5.41) is 0.691. The average Bonchev–Trinajstić information content (AvgIpc) is 3.01. The van der Waals surface area contributed by atoms with Crippen LogP contribution in [0.2, 0.25) is 0 Å². The van der Waals surface area contributed by atoms with Crippen molar-refractivity contribution in [3.05, 3.63) is 100 Å². The Balaban J connectivity index is 1.25. The molecule has 1 aliphatic carbocycles. The van der Waals surface area contributed by atoms with Crippen LogP contribution in [0.1, 0.15) is 31.2 Å². The van der Waals surface area contributed by atoms with Crippen LogP contribution >= 0.6 is 23.2 Å². The lowest BCUT2D eigenvalue weighted by Crippen LogP contribution is -2.33. The molecule has 1 unspecified atom stereocenters. The van der Waals surface area contributed by atoms with Gasteiger partial charge >= 0.3 is 0 Å². The van der Waals surface area contributed by atoms with Crippen LogP contribution in [0.3, 0.4) is 0 Å². The Kier molecular flexibility index (Phi) is 9.19. The summed E-state index contributed by atoms with van der Waals surface area (Å²) in [5.74, 6) is 0.791. The molecule has 0 spiro atoms. The molecule has 2 saturated heterocycles. The van der Waals surface area contributed by atoms with E-state index in [9.17, 15) is 4.79 Å². The van der Waals surface area contributed by atoms with Gasteiger partial charge in [-0.25, -0.2) is 0 Å². The third kappa shape index (κ3) is 7.30. The number of amides is 1. The van der Waals surface area contributed by atoms with E-state index in [1.807, 2.05) is 41.6 Å². The van der Waals surface area contributed by atoms with E-state index >= 15 is 0 Å². The maximum absolute atomic E-state index is 12.9. The first-order valence-electron chi connectivity index (χ1n) is 12.3. The fraction of sp³-hybridized carbons (Fsp3) is 0.379. The zero-order valence-corrected chi connectivity index (χ0v) is 21.6. The molecule has 1 amide bonds. The Morgan fingerprint density at radius 3 is 2.71 bits per heavy atom. The van der Waals surface area contributed by atoms with Gasteiger partial charge in [0.2, 0.25) is 0 Å². The number of halogens is 2. The summed E-state index contributed by atoms with van der Waals surface area (Å²) in [5.41, 5.74) is 5.56. The van der Waals surface area contributed by atoms with Gasteiger partial charge < -0.3 is 4.90 Å². The Hall–Kier alpha value is -2.40. The number of likely N-dealkylation sites (tertiary alicyclic amines) is 2. The molecule has 6 heteroatoms. The molecule has 0 bridgehead atoms. The number of nitrogens with zero attached hydrogens (tertiary/aromatic N) is 3. The molecule has 1 aromatic heterocycles. The van der Waals surface area contributed by atoms with Gasteiger partial charge in [-0.3, -0.25) is 14.7 Å². The largest absolute Gasteiger partial charge is 0.333 e. The van der Waals surface area contributed by atoms with E-state index in [1.165, 1.54) is 29.5 Å². The molecule has 3 aliphatic rings. The van der Waals surface area contributed by atoms with E-state index in [-0.39, 0.29) is 11.8 Å². The van der Waals surface area contributed by atoms with Gasteiger partial charge in [-0.2, -0.15) is 0 Å². The van der Waals surface area contributed by atoms with Gasteiger partial charge in [0.1, 0.15) is 0 Å². The summed E-state index contributed by atoms with van der Waals surface area (Å²) in [6.07, 6.45) is 19.9. The van der Waals surface area contributed by atoms with Crippen molar-refractivity contribution in [2.75, 3.05) is 26.2 Å². The minimum Gasteiger partial charge on any atom is -0.333 e. The minimum atomic E-state index is -0.0106. The summed E-state index contributed by atoms with van der Waals surface area (Å²) >= 11 is 12.1. The molecule has 1 atom stereocenters. The quantitative estimate of drug-likeness (QED) is 0.301. The number of carbonyl (C=O) groups excluding carboxylic acids is 1. The standard InChI is InChI=1S/C29H33Cl2N3O/c1-22(17-23-11-15-33(16-12-23)19-25-9-13-32-14-10-25)5-7-26-21-34(29(35)28(26)18-30)20-24-3-2-4-27(31)8-6-24/h2-4,6-10,13-14,18,23-24H,1,5,11-12,15-17,19-21H2/b26-7?,28-18-. The van der Waals surface area contributed by atoms with Crippen molar-refractivity contribution in [3.63, 3.8) is 0 Å². The summed E-state index contributed by atoms with van der Waals surface area (Å²) in [7, 11) is 0. The highest BCUT2D eigenvalue weighted by atomic mass is 35.5. The topological polar surface area (TPSA) is 36.4 Å². The van der Waals surface area contributed by atoms with Crippen LogP contribution in [-0.2, 0) is 11.3 Å². The number of aromatic nitrogens is 1. The predicted octanol–water partition coefficient (Wildman–Crippen LogP) is 6.39. The van der Waals surface area contributed by atoms with Crippen molar-refractivity contribution in [3.8, 4) is 0 Å². The average molecular weight is 511 g/mol. The van der Waals surface area contributed by atoms with Crippen LogP contribution in [-0.4, -0.2) is 46.9 Å². The maximum Gasteiger partial charge on any atom is 0.255 e. The fourth-order valence-corrected chi connectivity index (χ4v) is 5.34. The lowest BCUT2D eigenvalue weighted by Gasteiger charge is -2.32. The third-order valence-corrected chi connectivity index (χ3v) is 7.43. The van der Waals surface area contributed by atoms with Crippen LogP contribution in [0.5, 0.6) is 0 Å². The van der Waals surface area contributed by atoms with E-state index in [0.717, 1.165) is 38.0 Å². The second kappa shape index (κ2) is 12.5. The van der Waals surface area contributed by atoms with E-state index in [0.29, 0.717) is 29.6 Å². The van der Waals surface area contributed by atoms with E-state index in [2.05, 4.69) is 40.7 Å². The highest BCUT2D eigenvalue weighted by Gasteiger charge is 2.31. The Morgan fingerprint density at radius 2 is 1.97 bits per heavy atom. The van der Waals surface area contributed by atoms with Crippen molar-refractivity contribution >= 4 is 29.1 Å². The van der Waals surface area contributed by atoms with Gasteiger partial charge in [-0.1, -0.05) is 59.7 Å². The molecule has 3 heterocycles. The summed E-state index contributed by atoms with van der Waals surface area (Å²) in [4.78, 5) is 21.4. The van der Waals surface area contributed by atoms with E-state index in [4.69, 9.17) is 23.2 Å². The fourth-order valence-electron chi connectivity index (χ4n) is 4.96. The van der Waals surface area contributed by atoms with Gasteiger partial charge in [-0.15, -0.1) is 0 Å². The molecule has 0 saturated carbocycles. The maximum atomic E-state index is 12.9. The zero-order valence-electron chi connectivity index (χ0n) is 20.1. The first-order chi connectivity index (χ1) is 17.0. The van der Waals surface area contributed by atoms with Gasteiger partial charge in [0.05, 0.1) is 5.57 Å². The Labute approximate surface area is 219 Å².